The SMILES string of the molecule is CSC1(CNS(=O)(=O)c2cc(CN)sc2Br)CCCCC1. The molecule has 2 rings (SSSR count). The minimum atomic E-state index is -3.48. The predicted octanol–water partition coefficient (Wildman–Crippen LogP) is 3.31. The van der Waals surface area contributed by atoms with Gasteiger partial charge in [-0.1, -0.05) is 19.3 Å². The van der Waals surface area contributed by atoms with Gasteiger partial charge in [0.2, 0.25) is 10.0 Å². The second kappa shape index (κ2) is 7.31. The summed E-state index contributed by atoms with van der Waals surface area (Å²) in [5, 5.41) is 0. The van der Waals surface area contributed by atoms with Crippen LogP contribution < -0.4 is 10.5 Å². The Kier molecular flexibility index (Phi) is 6.18. The maximum atomic E-state index is 12.5. The van der Waals surface area contributed by atoms with Crippen LogP contribution in [0.5, 0.6) is 0 Å². The van der Waals surface area contributed by atoms with Crippen LogP contribution in [0.15, 0.2) is 14.7 Å². The van der Waals surface area contributed by atoms with E-state index in [1.54, 1.807) is 17.8 Å². The van der Waals surface area contributed by atoms with Crippen LogP contribution in [0.25, 0.3) is 0 Å². The molecule has 1 saturated carbocycles. The number of rotatable bonds is 6. The van der Waals surface area contributed by atoms with Crippen LogP contribution in [0.4, 0.5) is 0 Å². The van der Waals surface area contributed by atoms with Gasteiger partial charge >= 0.3 is 0 Å². The molecule has 1 aliphatic rings. The molecule has 0 radical (unpaired) electrons. The first-order valence-electron chi connectivity index (χ1n) is 6.95. The van der Waals surface area contributed by atoms with Gasteiger partial charge in [0, 0.05) is 22.7 Å². The van der Waals surface area contributed by atoms with Crippen LogP contribution in [0, 0.1) is 0 Å². The molecule has 120 valence electrons. The lowest BCUT2D eigenvalue weighted by atomic mass is 9.88. The van der Waals surface area contributed by atoms with Crippen molar-refractivity contribution in [3.8, 4) is 0 Å². The van der Waals surface area contributed by atoms with E-state index >= 15 is 0 Å². The average molecular weight is 413 g/mol. The smallest absolute Gasteiger partial charge is 0.242 e. The minimum Gasteiger partial charge on any atom is -0.326 e. The summed E-state index contributed by atoms with van der Waals surface area (Å²) in [4.78, 5) is 1.17. The molecule has 0 amide bonds. The highest BCUT2D eigenvalue weighted by Crippen LogP contribution is 2.38. The van der Waals surface area contributed by atoms with Gasteiger partial charge in [-0.2, -0.15) is 11.8 Å². The molecule has 0 unspecified atom stereocenters. The lowest BCUT2D eigenvalue weighted by Crippen LogP contribution is -2.41. The summed E-state index contributed by atoms with van der Waals surface area (Å²) >= 11 is 6.49. The Hall–Kier alpha value is 0.400. The first-order valence-corrected chi connectivity index (χ1v) is 11.3. The first-order chi connectivity index (χ1) is 9.92. The van der Waals surface area contributed by atoms with E-state index in [1.807, 2.05) is 0 Å². The van der Waals surface area contributed by atoms with Gasteiger partial charge in [0.15, 0.2) is 0 Å². The fraction of sp³-hybridized carbons (Fsp3) is 0.692. The fourth-order valence-corrected chi connectivity index (χ4v) is 7.33. The molecule has 21 heavy (non-hydrogen) atoms. The number of hydrogen-bond acceptors (Lipinski definition) is 5. The van der Waals surface area contributed by atoms with Crippen molar-refractivity contribution in [1.82, 2.24) is 4.72 Å². The molecule has 0 spiro atoms. The maximum Gasteiger partial charge on any atom is 0.242 e. The summed E-state index contributed by atoms with van der Waals surface area (Å²) in [5.41, 5.74) is 5.58. The van der Waals surface area contributed by atoms with Crippen LogP contribution in [0.2, 0.25) is 0 Å². The van der Waals surface area contributed by atoms with Crippen molar-refractivity contribution in [1.29, 1.82) is 0 Å². The monoisotopic (exact) mass is 412 g/mol. The van der Waals surface area contributed by atoms with Gasteiger partial charge in [-0.25, -0.2) is 13.1 Å². The third kappa shape index (κ3) is 4.23. The number of thiophene rings is 1. The topological polar surface area (TPSA) is 72.2 Å². The molecule has 1 aromatic rings. The van der Waals surface area contributed by atoms with Crippen molar-refractivity contribution in [2.75, 3.05) is 12.8 Å². The number of hydrogen-bond donors (Lipinski definition) is 2. The first kappa shape index (κ1) is 17.7. The second-order valence-electron chi connectivity index (χ2n) is 5.33. The third-order valence-electron chi connectivity index (χ3n) is 3.98. The molecule has 0 aliphatic heterocycles. The van der Waals surface area contributed by atoms with Gasteiger partial charge in [0.1, 0.15) is 4.90 Å². The Bertz CT molecular complexity index is 580. The average Bonchev–Trinajstić information content (AvgIpc) is 2.88. The predicted molar refractivity (Wildman–Crippen MR) is 94.4 cm³/mol. The van der Waals surface area contributed by atoms with Gasteiger partial charge < -0.3 is 5.73 Å². The molecule has 0 saturated heterocycles. The molecule has 1 heterocycles. The Balaban J connectivity index is 2.11. The third-order valence-corrected chi connectivity index (χ3v) is 9.07. The van der Waals surface area contributed by atoms with E-state index in [9.17, 15) is 8.42 Å². The summed E-state index contributed by atoms with van der Waals surface area (Å²) in [7, 11) is -3.48. The molecule has 0 bridgehead atoms. The van der Waals surface area contributed by atoms with E-state index in [1.165, 1.54) is 30.6 Å². The molecule has 4 nitrogen and oxygen atoms in total. The Morgan fingerprint density at radius 3 is 2.62 bits per heavy atom. The zero-order valence-corrected chi connectivity index (χ0v) is 16.1. The molecule has 1 fully saturated rings. The highest BCUT2D eigenvalue weighted by Gasteiger charge is 2.33. The molecule has 0 atom stereocenters. The number of sulfonamides is 1. The molecule has 0 aromatic carbocycles. The quantitative estimate of drug-likeness (QED) is 0.751. The molecular formula is C13H21BrN2O2S3. The van der Waals surface area contributed by atoms with Gasteiger partial charge in [0.25, 0.3) is 0 Å². The Morgan fingerprint density at radius 1 is 1.43 bits per heavy atom. The van der Waals surface area contributed by atoms with Crippen LogP contribution in [-0.2, 0) is 16.6 Å². The zero-order valence-electron chi connectivity index (χ0n) is 12.0. The normalized spacial score (nSPS) is 18.8. The van der Waals surface area contributed by atoms with Crippen molar-refractivity contribution in [2.45, 2.75) is 48.3 Å². The summed E-state index contributed by atoms with van der Waals surface area (Å²) in [6.07, 6.45) is 7.85. The van der Waals surface area contributed by atoms with E-state index in [4.69, 9.17) is 5.73 Å². The fourth-order valence-electron chi connectivity index (χ4n) is 2.64. The van der Waals surface area contributed by atoms with Crippen LogP contribution in [0.3, 0.4) is 0 Å². The van der Waals surface area contributed by atoms with Gasteiger partial charge in [-0.15, -0.1) is 11.3 Å². The summed E-state index contributed by atoms with van der Waals surface area (Å²) in [5.74, 6) is 0. The summed E-state index contributed by atoms with van der Waals surface area (Å²) < 4.78 is 28.5. The molecule has 1 aliphatic carbocycles. The van der Waals surface area contributed by atoms with Gasteiger partial charge in [-0.3, -0.25) is 0 Å². The molecule has 3 N–H and O–H groups in total. The van der Waals surface area contributed by atoms with Crippen molar-refractivity contribution < 1.29 is 8.42 Å². The largest absolute Gasteiger partial charge is 0.326 e. The van der Waals surface area contributed by atoms with Crippen molar-refractivity contribution in [2.24, 2.45) is 5.73 Å². The number of nitrogens with two attached hydrogens (primary N) is 1. The van der Waals surface area contributed by atoms with E-state index < -0.39 is 10.0 Å². The lowest BCUT2D eigenvalue weighted by Gasteiger charge is -2.35. The Morgan fingerprint density at radius 2 is 2.10 bits per heavy atom. The van der Waals surface area contributed by atoms with Crippen molar-refractivity contribution in [3.63, 3.8) is 0 Å². The van der Waals surface area contributed by atoms with Crippen molar-refractivity contribution in [3.05, 3.63) is 14.7 Å². The van der Waals surface area contributed by atoms with E-state index in [-0.39, 0.29) is 4.75 Å². The summed E-state index contributed by atoms with van der Waals surface area (Å²) in [6.45, 7) is 0.851. The van der Waals surface area contributed by atoms with Crippen LogP contribution in [-0.4, -0.2) is 26.0 Å². The standard InChI is InChI=1S/C13H21BrN2O2S3/c1-19-13(5-3-2-4-6-13)9-16-21(17,18)11-7-10(8-15)20-12(11)14/h7,16H,2-6,8-9,15H2,1H3. The lowest BCUT2D eigenvalue weighted by molar-refractivity contribution is 0.395. The van der Waals surface area contributed by atoms with Crippen molar-refractivity contribution >= 4 is 49.1 Å². The van der Waals surface area contributed by atoms with E-state index in [2.05, 4.69) is 26.9 Å². The minimum absolute atomic E-state index is 0.0461. The number of thioether (sulfide) groups is 1. The zero-order chi connectivity index (χ0) is 15.5. The molecule has 8 heteroatoms. The highest BCUT2D eigenvalue weighted by molar-refractivity contribution is 9.11. The second-order valence-corrected chi connectivity index (χ2v) is 10.8. The number of halogens is 1. The summed E-state index contributed by atoms with van der Waals surface area (Å²) in [6, 6.07) is 1.66. The number of nitrogens with one attached hydrogen (secondary N) is 1. The van der Waals surface area contributed by atoms with E-state index in [0.29, 0.717) is 21.8 Å². The van der Waals surface area contributed by atoms with Crippen LogP contribution >= 0.6 is 39.0 Å². The molecular weight excluding hydrogens is 392 g/mol. The van der Waals surface area contributed by atoms with Gasteiger partial charge in [0.05, 0.1) is 3.79 Å². The maximum absolute atomic E-state index is 12.5. The van der Waals surface area contributed by atoms with E-state index in [0.717, 1.165) is 17.7 Å². The Labute approximate surface area is 143 Å². The molecule has 1 aromatic heterocycles. The van der Waals surface area contributed by atoms with Crippen LogP contribution in [0.1, 0.15) is 37.0 Å². The van der Waals surface area contributed by atoms with Gasteiger partial charge in [-0.05, 0) is 41.1 Å². The highest BCUT2D eigenvalue weighted by atomic mass is 79.9.